The third-order valence-corrected chi connectivity index (χ3v) is 5.94. The second-order valence-corrected chi connectivity index (χ2v) is 9.43. The Kier molecular flexibility index (Phi) is 5.59. The monoisotopic (exact) mass is 451 g/mol. The number of nitrogens with zero attached hydrogens (tertiary/aromatic N) is 3. The number of carbonyl (C=O) groups is 2. The van der Waals surface area contributed by atoms with Crippen LogP contribution in [0.2, 0.25) is 5.02 Å². The maximum atomic E-state index is 13.4. The molecule has 0 spiro atoms. The largest absolute Gasteiger partial charge is 0.497 e. The Hall–Kier alpha value is -3.12. The van der Waals surface area contributed by atoms with Gasteiger partial charge in [0.05, 0.1) is 30.3 Å². The smallest absolute Gasteiger partial charge is 0.262 e. The number of ether oxygens (including phenoxy) is 1. The predicted molar refractivity (Wildman–Crippen MR) is 127 cm³/mol. The zero-order chi connectivity index (χ0) is 23.2. The number of fused-ring (bicyclic) bond motifs is 1. The van der Waals surface area contributed by atoms with Crippen LogP contribution in [0.3, 0.4) is 0 Å². The minimum Gasteiger partial charge on any atom is -0.497 e. The summed E-state index contributed by atoms with van der Waals surface area (Å²) in [7, 11) is 1.62. The summed E-state index contributed by atoms with van der Waals surface area (Å²) in [6, 6.07) is 12.5. The molecule has 0 radical (unpaired) electrons. The Balaban J connectivity index is 1.82. The summed E-state index contributed by atoms with van der Waals surface area (Å²) in [5.74, 6) is 0.556. The maximum Gasteiger partial charge on any atom is 0.262 e. The number of hydrazone groups is 1. The zero-order valence-electron chi connectivity index (χ0n) is 18.9. The van der Waals surface area contributed by atoms with Crippen LogP contribution in [-0.2, 0) is 11.2 Å². The molecule has 2 heterocycles. The second-order valence-electron chi connectivity index (χ2n) is 8.99. The zero-order valence-corrected chi connectivity index (χ0v) is 19.7. The average Bonchev–Trinajstić information content (AvgIpc) is 3.25. The summed E-state index contributed by atoms with van der Waals surface area (Å²) < 4.78 is 7.15. The molecule has 6 nitrogen and oxygen atoms in total. The normalized spacial score (nSPS) is 14.2. The Labute approximate surface area is 192 Å². The van der Waals surface area contributed by atoms with Crippen LogP contribution in [0.4, 0.5) is 0 Å². The molecular formula is C25H26ClN3O3. The van der Waals surface area contributed by atoms with Gasteiger partial charge in [-0.1, -0.05) is 11.6 Å². The van der Waals surface area contributed by atoms with Crippen LogP contribution in [0.5, 0.6) is 5.75 Å². The molecule has 0 atom stereocenters. The Morgan fingerprint density at radius 1 is 1.16 bits per heavy atom. The number of benzene rings is 2. The van der Waals surface area contributed by atoms with Crippen molar-refractivity contribution in [2.45, 2.75) is 46.1 Å². The first kappa shape index (κ1) is 22.1. The molecule has 2 aromatic carbocycles. The van der Waals surface area contributed by atoms with Crippen molar-refractivity contribution in [2.75, 3.05) is 7.11 Å². The minimum absolute atomic E-state index is 0.0105. The van der Waals surface area contributed by atoms with Gasteiger partial charge in [-0.3, -0.25) is 14.2 Å². The van der Waals surface area contributed by atoms with Crippen LogP contribution in [0.15, 0.2) is 47.6 Å². The Morgan fingerprint density at radius 2 is 1.84 bits per heavy atom. The number of halogens is 1. The van der Waals surface area contributed by atoms with Crippen molar-refractivity contribution in [3.8, 4) is 5.75 Å². The summed E-state index contributed by atoms with van der Waals surface area (Å²) in [5.41, 5.74) is 3.52. The fourth-order valence-electron chi connectivity index (χ4n) is 4.10. The predicted octanol–water partition coefficient (Wildman–Crippen LogP) is 5.23. The first-order chi connectivity index (χ1) is 15.1. The number of aromatic nitrogens is 1. The Bertz CT molecular complexity index is 1250. The lowest BCUT2D eigenvalue weighted by Crippen LogP contribution is -2.38. The molecule has 0 saturated carbocycles. The maximum absolute atomic E-state index is 13.4. The molecule has 1 aliphatic heterocycles. The van der Waals surface area contributed by atoms with Gasteiger partial charge < -0.3 is 4.74 Å². The molecule has 4 rings (SSSR count). The lowest BCUT2D eigenvalue weighted by molar-refractivity contribution is -0.133. The van der Waals surface area contributed by atoms with Crippen LogP contribution in [0, 0.1) is 6.92 Å². The number of carbonyl (C=O) groups excluding carboxylic acids is 2. The van der Waals surface area contributed by atoms with Gasteiger partial charge in [0, 0.05) is 28.1 Å². The number of hydrogen-bond acceptors (Lipinski definition) is 4. The molecule has 32 heavy (non-hydrogen) atoms. The van der Waals surface area contributed by atoms with Gasteiger partial charge in [0.15, 0.2) is 0 Å². The van der Waals surface area contributed by atoms with E-state index in [0.717, 1.165) is 27.9 Å². The molecular weight excluding hydrogens is 426 g/mol. The first-order valence-corrected chi connectivity index (χ1v) is 10.9. The summed E-state index contributed by atoms with van der Waals surface area (Å²) in [6.07, 6.45) is 0.757. The SMILES string of the molecule is COc1ccc2c(c1)c(CC1=NN(C(C)(C)C)C(=O)C1)c(C)n2C(=O)c1ccc(Cl)cc1. The van der Waals surface area contributed by atoms with Crippen molar-refractivity contribution in [1.82, 2.24) is 9.58 Å². The van der Waals surface area contributed by atoms with Gasteiger partial charge >= 0.3 is 0 Å². The van der Waals surface area contributed by atoms with Gasteiger partial charge in [0.1, 0.15) is 5.75 Å². The second kappa shape index (κ2) is 8.10. The van der Waals surface area contributed by atoms with Crippen LogP contribution < -0.4 is 4.74 Å². The third kappa shape index (κ3) is 3.91. The molecule has 0 unspecified atom stereocenters. The van der Waals surface area contributed by atoms with E-state index < -0.39 is 0 Å². The van der Waals surface area contributed by atoms with Gasteiger partial charge in [-0.05, 0) is 75.7 Å². The first-order valence-electron chi connectivity index (χ1n) is 10.5. The highest BCUT2D eigenvalue weighted by Gasteiger charge is 2.33. The van der Waals surface area contributed by atoms with E-state index in [2.05, 4.69) is 5.10 Å². The lowest BCUT2D eigenvalue weighted by Gasteiger charge is -2.27. The van der Waals surface area contributed by atoms with E-state index >= 15 is 0 Å². The van der Waals surface area contributed by atoms with Gasteiger partial charge in [0.25, 0.3) is 5.91 Å². The number of hydrogen-bond donors (Lipinski definition) is 0. The van der Waals surface area contributed by atoms with Gasteiger partial charge in [-0.25, -0.2) is 5.01 Å². The van der Waals surface area contributed by atoms with E-state index in [1.807, 2.05) is 45.9 Å². The molecule has 0 N–H and O–H groups in total. The van der Waals surface area contributed by atoms with Crippen LogP contribution in [0.1, 0.15) is 48.8 Å². The number of amides is 1. The van der Waals surface area contributed by atoms with E-state index in [0.29, 0.717) is 22.8 Å². The van der Waals surface area contributed by atoms with Crippen molar-refractivity contribution in [1.29, 1.82) is 0 Å². The topological polar surface area (TPSA) is 63.9 Å². The van der Waals surface area contributed by atoms with E-state index in [1.54, 1.807) is 41.0 Å². The average molecular weight is 452 g/mol. The van der Waals surface area contributed by atoms with Crippen LogP contribution >= 0.6 is 11.6 Å². The molecule has 1 aromatic heterocycles. The third-order valence-electron chi connectivity index (χ3n) is 5.69. The molecule has 3 aromatic rings. The molecule has 7 heteroatoms. The Morgan fingerprint density at radius 3 is 2.44 bits per heavy atom. The highest BCUT2D eigenvalue weighted by atomic mass is 35.5. The van der Waals surface area contributed by atoms with Crippen LogP contribution in [-0.4, -0.2) is 39.8 Å². The molecule has 0 aliphatic carbocycles. The number of rotatable bonds is 4. The molecule has 166 valence electrons. The van der Waals surface area contributed by atoms with Crippen molar-refractivity contribution in [3.05, 3.63) is 64.3 Å². The van der Waals surface area contributed by atoms with Gasteiger partial charge in [-0.15, -0.1) is 0 Å². The van der Waals surface area contributed by atoms with E-state index in [4.69, 9.17) is 16.3 Å². The summed E-state index contributed by atoms with van der Waals surface area (Å²) >= 11 is 6.00. The molecule has 0 fully saturated rings. The number of methoxy groups -OCH3 is 1. The quantitative estimate of drug-likeness (QED) is 0.545. The fraction of sp³-hybridized carbons (Fsp3) is 0.320. The van der Waals surface area contributed by atoms with Crippen molar-refractivity contribution in [2.24, 2.45) is 5.10 Å². The molecule has 1 amide bonds. The van der Waals surface area contributed by atoms with E-state index in [-0.39, 0.29) is 23.8 Å². The summed E-state index contributed by atoms with van der Waals surface area (Å²) in [5, 5.41) is 7.65. The van der Waals surface area contributed by atoms with Crippen LogP contribution in [0.25, 0.3) is 10.9 Å². The van der Waals surface area contributed by atoms with E-state index in [9.17, 15) is 9.59 Å². The standard InChI is InChI=1S/C25H26ClN3O3/c1-15-20(12-18-13-23(30)29(27-18)25(2,3)4)21-14-19(32-5)10-11-22(21)28(15)24(31)16-6-8-17(26)9-7-16/h6-11,14H,12-13H2,1-5H3. The lowest BCUT2D eigenvalue weighted by atomic mass is 10.0. The molecule has 0 bridgehead atoms. The highest BCUT2D eigenvalue weighted by molar-refractivity contribution is 6.30. The van der Waals surface area contributed by atoms with Crippen molar-refractivity contribution in [3.63, 3.8) is 0 Å². The highest BCUT2D eigenvalue weighted by Crippen LogP contribution is 2.32. The molecule has 1 aliphatic rings. The summed E-state index contributed by atoms with van der Waals surface area (Å²) in [6.45, 7) is 7.81. The van der Waals surface area contributed by atoms with Gasteiger partial charge in [0.2, 0.25) is 5.91 Å². The fourth-order valence-corrected chi connectivity index (χ4v) is 4.23. The minimum atomic E-state index is -0.379. The van der Waals surface area contributed by atoms with E-state index in [1.165, 1.54) is 0 Å². The van der Waals surface area contributed by atoms with Gasteiger partial charge in [-0.2, -0.15) is 5.10 Å². The van der Waals surface area contributed by atoms with Crippen molar-refractivity contribution < 1.29 is 14.3 Å². The summed E-state index contributed by atoms with van der Waals surface area (Å²) in [4.78, 5) is 25.9. The van der Waals surface area contributed by atoms with Crippen molar-refractivity contribution >= 4 is 40.0 Å². The molecule has 0 saturated heterocycles.